The number of ether oxygens (including phenoxy) is 1. The molecule has 3 rings (SSSR count). The van der Waals surface area contributed by atoms with Gasteiger partial charge in [-0.2, -0.15) is 0 Å². The largest absolute Gasteiger partial charge is 0.378 e. The normalized spacial score (nSPS) is 18.5. The Morgan fingerprint density at radius 2 is 1.74 bits per heavy atom. The zero-order valence-electron chi connectivity index (χ0n) is 16.2. The highest BCUT2D eigenvalue weighted by Crippen LogP contribution is 2.28. The van der Waals surface area contributed by atoms with Gasteiger partial charge in [-0.15, -0.1) is 0 Å². The molecule has 2 N–H and O–H groups in total. The molecule has 7 nitrogen and oxygen atoms in total. The molecule has 2 saturated heterocycles. The number of para-hydroxylation sites is 2. The minimum absolute atomic E-state index is 0.0403. The van der Waals surface area contributed by atoms with Crippen LogP contribution >= 0.6 is 0 Å². The Bertz CT molecular complexity index is 650. The average molecular weight is 374 g/mol. The van der Waals surface area contributed by atoms with E-state index in [1.165, 1.54) is 0 Å². The Balaban J connectivity index is 1.56. The number of anilines is 2. The number of piperidine rings is 1. The molecule has 0 aromatic heterocycles. The topological polar surface area (TPSA) is 73.9 Å². The average Bonchev–Trinajstić information content (AvgIpc) is 2.68. The number of nitrogens with zero attached hydrogens (tertiary/aromatic N) is 2. The van der Waals surface area contributed by atoms with Gasteiger partial charge in [-0.05, 0) is 38.8 Å². The standard InChI is InChI=1S/C20H30N4O3/c1-15(2)21-20(26)24-9-7-16(8-10-24)19(25)22-17-5-3-4-6-18(17)23-11-13-27-14-12-23/h3-6,15-16H,7-14H2,1-2H3,(H,21,26)(H,22,25). The van der Waals surface area contributed by atoms with E-state index in [0.717, 1.165) is 24.5 Å². The summed E-state index contributed by atoms with van der Waals surface area (Å²) in [5.74, 6) is -0.0227. The van der Waals surface area contributed by atoms with Crippen molar-refractivity contribution in [2.24, 2.45) is 5.92 Å². The number of carbonyl (C=O) groups excluding carboxylic acids is 2. The van der Waals surface area contributed by atoms with Gasteiger partial charge in [-0.3, -0.25) is 4.79 Å². The lowest BCUT2D eigenvalue weighted by Crippen LogP contribution is -2.47. The third kappa shape index (κ3) is 5.13. The van der Waals surface area contributed by atoms with E-state index < -0.39 is 0 Å². The molecule has 0 saturated carbocycles. The molecule has 2 fully saturated rings. The van der Waals surface area contributed by atoms with Crippen molar-refractivity contribution in [3.63, 3.8) is 0 Å². The Hall–Kier alpha value is -2.28. The van der Waals surface area contributed by atoms with E-state index in [4.69, 9.17) is 4.74 Å². The first-order valence-corrected chi connectivity index (χ1v) is 9.82. The zero-order chi connectivity index (χ0) is 19.2. The van der Waals surface area contributed by atoms with Gasteiger partial charge in [-0.25, -0.2) is 4.79 Å². The van der Waals surface area contributed by atoms with Gasteiger partial charge in [0.25, 0.3) is 0 Å². The lowest BCUT2D eigenvalue weighted by Gasteiger charge is -2.33. The fraction of sp³-hybridized carbons (Fsp3) is 0.600. The molecular weight excluding hydrogens is 344 g/mol. The first-order valence-electron chi connectivity index (χ1n) is 9.82. The summed E-state index contributed by atoms with van der Waals surface area (Å²) in [6, 6.07) is 8.01. The van der Waals surface area contributed by atoms with Crippen molar-refractivity contribution < 1.29 is 14.3 Å². The number of benzene rings is 1. The van der Waals surface area contributed by atoms with Crippen molar-refractivity contribution in [3.05, 3.63) is 24.3 Å². The number of urea groups is 1. The summed E-state index contributed by atoms with van der Waals surface area (Å²) in [5, 5.41) is 6.02. The van der Waals surface area contributed by atoms with Crippen molar-refractivity contribution in [1.29, 1.82) is 0 Å². The van der Waals surface area contributed by atoms with E-state index in [9.17, 15) is 9.59 Å². The fourth-order valence-corrected chi connectivity index (χ4v) is 3.58. The van der Waals surface area contributed by atoms with Crippen LogP contribution in [-0.4, -0.2) is 62.3 Å². The SMILES string of the molecule is CC(C)NC(=O)N1CCC(C(=O)Nc2ccccc2N2CCOCC2)CC1. The lowest BCUT2D eigenvalue weighted by molar-refractivity contribution is -0.121. The van der Waals surface area contributed by atoms with Gasteiger partial charge in [0.1, 0.15) is 0 Å². The first kappa shape index (κ1) is 19.5. The van der Waals surface area contributed by atoms with Crippen LogP contribution in [0.1, 0.15) is 26.7 Å². The van der Waals surface area contributed by atoms with E-state index in [2.05, 4.69) is 15.5 Å². The second-order valence-electron chi connectivity index (χ2n) is 7.47. The maximum absolute atomic E-state index is 12.8. The van der Waals surface area contributed by atoms with Crippen LogP contribution in [0.4, 0.5) is 16.2 Å². The molecule has 0 bridgehead atoms. The number of morpholine rings is 1. The van der Waals surface area contributed by atoms with Gasteiger partial charge in [0, 0.05) is 38.1 Å². The molecule has 7 heteroatoms. The van der Waals surface area contributed by atoms with Crippen LogP contribution in [0.15, 0.2) is 24.3 Å². The smallest absolute Gasteiger partial charge is 0.317 e. The summed E-state index contributed by atoms with van der Waals surface area (Å²) in [4.78, 5) is 28.9. The number of amides is 3. The van der Waals surface area contributed by atoms with Crippen LogP contribution in [0.25, 0.3) is 0 Å². The summed E-state index contributed by atoms with van der Waals surface area (Å²) in [6.07, 6.45) is 1.38. The zero-order valence-corrected chi connectivity index (χ0v) is 16.2. The van der Waals surface area contributed by atoms with Crippen LogP contribution in [-0.2, 0) is 9.53 Å². The van der Waals surface area contributed by atoms with Crippen LogP contribution in [0, 0.1) is 5.92 Å². The van der Waals surface area contributed by atoms with E-state index in [1.807, 2.05) is 38.1 Å². The third-order valence-corrected chi connectivity index (χ3v) is 5.08. The summed E-state index contributed by atoms with van der Waals surface area (Å²) in [7, 11) is 0. The Morgan fingerprint density at radius 1 is 1.07 bits per heavy atom. The molecular formula is C20H30N4O3. The van der Waals surface area contributed by atoms with E-state index >= 15 is 0 Å². The van der Waals surface area contributed by atoms with Gasteiger partial charge in [-0.1, -0.05) is 12.1 Å². The molecule has 0 spiro atoms. The van der Waals surface area contributed by atoms with Gasteiger partial charge >= 0.3 is 6.03 Å². The molecule has 3 amide bonds. The number of hydrogen-bond donors (Lipinski definition) is 2. The van der Waals surface area contributed by atoms with E-state index in [-0.39, 0.29) is 23.9 Å². The van der Waals surface area contributed by atoms with Crippen LogP contribution < -0.4 is 15.5 Å². The van der Waals surface area contributed by atoms with Crippen molar-refractivity contribution in [2.75, 3.05) is 49.6 Å². The maximum Gasteiger partial charge on any atom is 0.317 e. The highest BCUT2D eigenvalue weighted by Gasteiger charge is 2.28. The molecule has 27 heavy (non-hydrogen) atoms. The Labute approximate surface area is 161 Å². The number of carbonyl (C=O) groups is 2. The van der Waals surface area contributed by atoms with Gasteiger partial charge in [0.05, 0.1) is 24.6 Å². The van der Waals surface area contributed by atoms with E-state index in [1.54, 1.807) is 4.90 Å². The Morgan fingerprint density at radius 3 is 2.41 bits per heavy atom. The van der Waals surface area contributed by atoms with Crippen LogP contribution in [0.2, 0.25) is 0 Å². The third-order valence-electron chi connectivity index (χ3n) is 5.08. The Kier molecular flexibility index (Phi) is 6.55. The summed E-state index contributed by atoms with van der Waals surface area (Å²) in [6.45, 7) is 8.20. The molecule has 1 aromatic carbocycles. The highest BCUT2D eigenvalue weighted by molar-refractivity contribution is 5.96. The van der Waals surface area contributed by atoms with Gasteiger partial charge in [0.2, 0.25) is 5.91 Å². The van der Waals surface area contributed by atoms with Crippen molar-refractivity contribution in [2.45, 2.75) is 32.7 Å². The van der Waals surface area contributed by atoms with E-state index in [0.29, 0.717) is 39.1 Å². The molecule has 0 radical (unpaired) electrons. The predicted molar refractivity (Wildman–Crippen MR) is 106 cm³/mol. The second kappa shape index (κ2) is 9.08. The maximum atomic E-state index is 12.8. The second-order valence-corrected chi connectivity index (χ2v) is 7.47. The molecule has 2 aliphatic rings. The fourth-order valence-electron chi connectivity index (χ4n) is 3.58. The highest BCUT2D eigenvalue weighted by atomic mass is 16.5. The monoisotopic (exact) mass is 374 g/mol. The number of rotatable bonds is 4. The van der Waals surface area contributed by atoms with Crippen LogP contribution in [0.3, 0.4) is 0 Å². The molecule has 0 aliphatic carbocycles. The molecule has 1 aromatic rings. The number of nitrogens with one attached hydrogen (secondary N) is 2. The minimum Gasteiger partial charge on any atom is -0.378 e. The van der Waals surface area contributed by atoms with Crippen molar-refractivity contribution in [1.82, 2.24) is 10.2 Å². The number of hydrogen-bond acceptors (Lipinski definition) is 4. The molecule has 2 aliphatic heterocycles. The molecule has 148 valence electrons. The van der Waals surface area contributed by atoms with Gasteiger partial charge < -0.3 is 25.2 Å². The molecule has 2 heterocycles. The quantitative estimate of drug-likeness (QED) is 0.848. The number of likely N-dealkylation sites (tertiary alicyclic amines) is 1. The summed E-state index contributed by atoms with van der Waals surface area (Å²) < 4.78 is 5.42. The lowest BCUT2D eigenvalue weighted by atomic mass is 9.96. The van der Waals surface area contributed by atoms with Gasteiger partial charge in [0.15, 0.2) is 0 Å². The summed E-state index contributed by atoms with van der Waals surface area (Å²) in [5.41, 5.74) is 1.90. The predicted octanol–water partition coefficient (Wildman–Crippen LogP) is 2.29. The van der Waals surface area contributed by atoms with Crippen LogP contribution in [0.5, 0.6) is 0 Å². The summed E-state index contributed by atoms with van der Waals surface area (Å²) >= 11 is 0. The molecule has 0 unspecified atom stereocenters. The first-order chi connectivity index (χ1) is 13.0. The molecule has 0 atom stereocenters. The van der Waals surface area contributed by atoms with Crippen molar-refractivity contribution in [3.8, 4) is 0 Å². The van der Waals surface area contributed by atoms with Crippen molar-refractivity contribution >= 4 is 23.3 Å². The minimum atomic E-state index is -0.0640.